The number of hydrogen-bond acceptors (Lipinski definition) is 6. The van der Waals surface area contributed by atoms with Gasteiger partial charge in [0, 0.05) is 5.75 Å². The maximum absolute atomic E-state index is 6.32. The third kappa shape index (κ3) is 2.81. The van der Waals surface area contributed by atoms with Crippen LogP contribution in [0.3, 0.4) is 0 Å². The quantitative estimate of drug-likeness (QED) is 0.865. The summed E-state index contributed by atoms with van der Waals surface area (Å²) in [5, 5.41) is 8.41. The number of nitrogens with zero attached hydrogens (tertiary/aromatic N) is 2. The van der Waals surface area contributed by atoms with Gasteiger partial charge in [-0.3, -0.25) is 0 Å². The molecule has 0 aromatic carbocycles. The molecule has 18 heavy (non-hydrogen) atoms. The molecule has 3 rings (SSSR count). The molecule has 0 amide bonds. The number of nitrogen functional groups attached to an aromatic ring is 1. The molecule has 6 heteroatoms. The molecule has 1 saturated carbocycles. The van der Waals surface area contributed by atoms with E-state index in [1.165, 1.54) is 56.3 Å². The molecule has 2 heterocycles. The molecule has 0 bridgehead atoms. The lowest BCUT2D eigenvalue weighted by atomic mass is 9.83. The van der Waals surface area contributed by atoms with E-state index in [0.29, 0.717) is 11.2 Å². The molecule has 2 fully saturated rings. The Bertz CT molecular complexity index is 404. The first kappa shape index (κ1) is 12.7. The third-order valence-corrected chi connectivity index (χ3v) is 5.94. The van der Waals surface area contributed by atoms with Gasteiger partial charge in [0.25, 0.3) is 0 Å². The van der Waals surface area contributed by atoms with Crippen LogP contribution in [0, 0.1) is 0 Å². The first-order valence-electron chi connectivity index (χ1n) is 6.65. The van der Waals surface area contributed by atoms with E-state index in [9.17, 15) is 0 Å². The topological polar surface area (TPSA) is 61.0 Å². The second-order valence-corrected chi connectivity index (χ2v) is 7.52. The average molecular weight is 285 g/mol. The van der Waals surface area contributed by atoms with Gasteiger partial charge in [-0.15, -0.1) is 10.2 Å². The summed E-state index contributed by atoms with van der Waals surface area (Å²) < 4.78 is 7.28. The van der Waals surface area contributed by atoms with E-state index in [1.54, 1.807) is 11.8 Å². The van der Waals surface area contributed by atoms with Crippen molar-refractivity contribution >= 4 is 28.2 Å². The summed E-state index contributed by atoms with van der Waals surface area (Å²) in [6.45, 7) is 0. The largest absolute Gasteiger partial charge is 0.374 e. The van der Waals surface area contributed by atoms with Gasteiger partial charge < -0.3 is 10.5 Å². The summed E-state index contributed by atoms with van der Waals surface area (Å²) in [5.41, 5.74) is 5.80. The van der Waals surface area contributed by atoms with Gasteiger partial charge in [0.2, 0.25) is 5.13 Å². The minimum absolute atomic E-state index is 0.226. The molecule has 1 spiro atoms. The van der Waals surface area contributed by atoms with Crippen LogP contribution in [0.2, 0.25) is 0 Å². The molecule has 1 aromatic heterocycles. The van der Waals surface area contributed by atoms with Gasteiger partial charge >= 0.3 is 0 Å². The molecule has 2 aliphatic rings. The molecule has 1 aromatic rings. The summed E-state index contributed by atoms with van der Waals surface area (Å²) in [5.74, 6) is 0.983. The molecular formula is C12H19N3OS2. The van der Waals surface area contributed by atoms with Crippen LogP contribution in [0.25, 0.3) is 0 Å². The Kier molecular flexibility index (Phi) is 3.77. The van der Waals surface area contributed by atoms with Crippen molar-refractivity contribution in [3.8, 4) is 0 Å². The monoisotopic (exact) mass is 285 g/mol. The van der Waals surface area contributed by atoms with Crippen molar-refractivity contribution < 1.29 is 4.74 Å². The van der Waals surface area contributed by atoms with Crippen LogP contribution in [0.1, 0.15) is 44.9 Å². The first-order chi connectivity index (χ1) is 8.76. The highest BCUT2D eigenvalue weighted by Crippen LogP contribution is 2.43. The number of hydrogen-bond donors (Lipinski definition) is 1. The van der Waals surface area contributed by atoms with E-state index < -0.39 is 0 Å². The molecule has 1 aliphatic heterocycles. The van der Waals surface area contributed by atoms with Crippen molar-refractivity contribution in [2.45, 2.75) is 61.0 Å². The Balaban J connectivity index is 1.50. The van der Waals surface area contributed by atoms with Gasteiger partial charge in [-0.05, 0) is 25.7 Å². The number of thioether (sulfide) groups is 1. The first-order valence-corrected chi connectivity index (χ1v) is 8.46. The van der Waals surface area contributed by atoms with Crippen molar-refractivity contribution in [1.82, 2.24) is 10.2 Å². The highest BCUT2D eigenvalue weighted by Gasteiger charge is 2.40. The molecular weight excluding hydrogens is 266 g/mol. The van der Waals surface area contributed by atoms with Gasteiger partial charge in [0.15, 0.2) is 4.34 Å². The van der Waals surface area contributed by atoms with Gasteiger partial charge in [-0.1, -0.05) is 42.4 Å². The SMILES string of the molecule is Nc1nnc(SCC2CCC3(CCCCC3)O2)s1. The molecule has 1 aliphatic carbocycles. The number of anilines is 1. The van der Waals surface area contributed by atoms with E-state index in [4.69, 9.17) is 10.5 Å². The Morgan fingerprint density at radius 1 is 1.28 bits per heavy atom. The smallest absolute Gasteiger partial charge is 0.203 e. The lowest BCUT2D eigenvalue weighted by Gasteiger charge is -2.33. The molecule has 1 saturated heterocycles. The zero-order valence-electron chi connectivity index (χ0n) is 10.4. The molecule has 100 valence electrons. The number of aromatic nitrogens is 2. The second kappa shape index (κ2) is 5.35. The maximum atomic E-state index is 6.32. The minimum atomic E-state index is 0.226. The Hall–Kier alpha value is -0.330. The maximum Gasteiger partial charge on any atom is 0.203 e. The number of rotatable bonds is 3. The standard InChI is InChI=1S/C12H19N3OS2/c13-10-14-15-11(18-10)17-8-9-4-7-12(16-9)5-2-1-3-6-12/h9H,1-8H2,(H2,13,14). The fourth-order valence-corrected chi connectivity index (χ4v) is 4.72. The van der Waals surface area contributed by atoms with Crippen molar-refractivity contribution in [1.29, 1.82) is 0 Å². The van der Waals surface area contributed by atoms with Crippen LogP contribution in [0.4, 0.5) is 5.13 Å². The van der Waals surface area contributed by atoms with Gasteiger partial charge in [0.05, 0.1) is 11.7 Å². The van der Waals surface area contributed by atoms with E-state index in [2.05, 4.69) is 10.2 Å². The summed E-state index contributed by atoms with van der Waals surface area (Å²) in [6.07, 6.45) is 9.42. The summed E-state index contributed by atoms with van der Waals surface area (Å²) in [6, 6.07) is 0. The van der Waals surface area contributed by atoms with Crippen LogP contribution in [-0.2, 0) is 4.74 Å². The predicted molar refractivity (Wildman–Crippen MR) is 75.0 cm³/mol. The minimum Gasteiger partial charge on any atom is -0.374 e. The fraction of sp³-hybridized carbons (Fsp3) is 0.833. The van der Waals surface area contributed by atoms with Crippen molar-refractivity contribution in [2.75, 3.05) is 11.5 Å². The lowest BCUT2D eigenvalue weighted by molar-refractivity contribution is -0.0555. The normalized spacial score (nSPS) is 26.8. The van der Waals surface area contributed by atoms with Crippen molar-refractivity contribution in [3.05, 3.63) is 0 Å². The van der Waals surface area contributed by atoms with Crippen molar-refractivity contribution in [3.63, 3.8) is 0 Å². The number of nitrogens with two attached hydrogens (primary N) is 1. The predicted octanol–water partition coefficient (Wildman–Crippen LogP) is 3.09. The molecule has 1 atom stereocenters. The third-order valence-electron chi connectivity index (χ3n) is 3.92. The van der Waals surface area contributed by atoms with E-state index >= 15 is 0 Å². The van der Waals surface area contributed by atoms with Gasteiger partial charge in [-0.2, -0.15) is 0 Å². The van der Waals surface area contributed by atoms with Crippen LogP contribution in [-0.4, -0.2) is 27.7 Å². The van der Waals surface area contributed by atoms with Crippen LogP contribution < -0.4 is 5.73 Å². The summed E-state index contributed by atoms with van der Waals surface area (Å²) in [7, 11) is 0. The van der Waals surface area contributed by atoms with Crippen LogP contribution in [0.5, 0.6) is 0 Å². The summed E-state index contributed by atoms with van der Waals surface area (Å²) in [4.78, 5) is 0. The zero-order valence-corrected chi connectivity index (χ0v) is 12.1. The zero-order chi connectivity index (χ0) is 12.4. The van der Waals surface area contributed by atoms with Crippen LogP contribution in [0.15, 0.2) is 4.34 Å². The molecule has 0 radical (unpaired) electrons. The lowest BCUT2D eigenvalue weighted by Crippen LogP contribution is -2.32. The fourth-order valence-electron chi connectivity index (χ4n) is 3.02. The summed E-state index contributed by atoms with van der Waals surface area (Å²) >= 11 is 3.19. The Labute approximate surface area is 116 Å². The average Bonchev–Trinajstić information content (AvgIpc) is 2.96. The van der Waals surface area contributed by atoms with E-state index in [1.807, 2.05) is 0 Å². The Morgan fingerprint density at radius 3 is 2.83 bits per heavy atom. The van der Waals surface area contributed by atoms with E-state index in [0.717, 1.165) is 10.1 Å². The number of ether oxygens (including phenoxy) is 1. The molecule has 2 N–H and O–H groups in total. The van der Waals surface area contributed by atoms with Gasteiger partial charge in [0.1, 0.15) is 0 Å². The molecule has 1 unspecified atom stereocenters. The van der Waals surface area contributed by atoms with E-state index in [-0.39, 0.29) is 5.60 Å². The highest BCUT2D eigenvalue weighted by atomic mass is 32.2. The van der Waals surface area contributed by atoms with Gasteiger partial charge in [-0.25, -0.2) is 0 Å². The highest BCUT2D eigenvalue weighted by molar-refractivity contribution is 8.01. The molecule has 4 nitrogen and oxygen atoms in total. The van der Waals surface area contributed by atoms with Crippen molar-refractivity contribution in [2.24, 2.45) is 0 Å². The van der Waals surface area contributed by atoms with Crippen LogP contribution >= 0.6 is 23.1 Å². The second-order valence-electron chi connectivity index (χ2n) is 5.24. The Morgan fingerprint density at radius 2 is 2.11 bits per heavy atom.